The number of anilines is 1. The number of thiazole rings is 1. The molecule has 0 unspecified atom stereocenters. The van der Waals surface area contributed by atoms with Gasteiger partial charge < -0.3 is 10.2 Å². The summed E-state index contributed by atoms with van der Waals surface area (Å²) in [6, 6.07) is 2.16. The van der Waals surface area contributed by atoms with E-state index in [-0.39, 0.29) is 5.82 Å². The van der Waals surface area contributed by atoms with Gasteiger partial charge in [0.2, 0.25) is 0 Å². The number of aryl methyl sites for hydroxylation is 1. The van der Waals surface area contributed by atoms with Gasteiger partial charge in [-0.3, -0.25) is 0 Å². The Bertz CT molecular complexity index is 624. The minimum atomic E-state index is -0.288. The van der Waals surface area contributed by atoms with E-state index in [9.17, 15) is 4.39 Å². The number of rotatable bonds is 6. The van der Waals surface area contributed by atoms with E-state index in [0.717, 1.165) is 22.1 Å². The molecule has 0 radical (unpaired) electrons. The lowest BCUT2D eigenvalue weighted by molar-refractivity contribution is 0.610. The standard InChI is InChI=1S/C15H19FN4S/c1-10-19-14(9-21-10)8-20(2)15-11(5-12(16)7-18-15)6-17-13-3-4-13/h5,7,9,13,17H,3-4,6,8H2,1-2H3. The van der Waals surface area contributed by atoms with Crippen LogP contribution in [0.1, 0.15) is 29.1 Å². The third kappa shape index (κ3) is 3.77. The number of nitrogens with zero attached hydrogens (tertiary/aromatic N) is 3. The topological polar surface area (TPSA) is 41.1 Å². The van der Waals surface area contributed by atoms with Crippen LogP contribution in [-0.4, -0.2) is 23.1 Å². The first-order chi connectivity index (χ1) is 10.1. The summed E-state index contributed by atoms with van der Waals surface area (Å²) in [5, 5.41) is 6.53. The zero-order valence-corrected chi connectivity index (χ0v) is 13.1. The van der Waals surface area contributed by atoms with Gasteiger partial charge in [-0.2, -0.15) is 0 Å². The molecule has 4 nitrogen and oxygen atoms in total. The lowest BCUT2D eigenvalue weighted by atomic mass is 10.2. The SMILES string of the molecule is Cc1nc(CN(C)c2ncc(F)cc2CNC2CC2)cs1. The normalized spacial score (nSPS) is 14.4. The second-order valence-corrected chi connectivity index (χ2v) is 6.57. The average Bonchev–Trinajstić information content (AvgIpc) is 3.19. The van der Waals surface area contributed by atoms with Crippen LogP contribution in [-0.2, 0) is 13.1 Å². The molecule has 0 atom stereocenters. The molecular formula is C15H19FN4S. The van der Waals surface area contributed by atoms with Crippen molar-refractivity contribution in [1.82, 2.24) is 15.3 Å². The second-order valence-electron chi connectivity index (χ2n) is 5.51. The van der Waals surface area contributed by atoms with Crippen LogP contribution in [0.15, 0.2) is 17.6 Å². The predicted molar refractivity (Wildman–Crippen MR) is 83.0 cm³/mol. The highest BCUT2D eigenvalue weighted by Gasteiger charge is 2.21. The van der Waals surface area contributed by atoms with Crippen molar-refractivity contribution in [1.29, 1.82) is 0 Å². The molecule has 1 saturated carbocycles. The Kier molecular flexibility index (Phi) is 4.17. The summed E-state index contributed by atoms with van der Waals surface area (Å²) in [6.07, 6.45) is 3.71. The Labute approximate surface area is 128 Å². The quantitative estimate of drug-likeness (QED) is 0.891. The van der Waals surface area contributed by atoms with Crippen LogP contribution < -0.4 is 10.2 Å². The van der Waals surface area contributed by atoms with Gasteiger partial charge in [-0.25, -0.2) is 14.4 Å². The number of hydrogen-bond donors (Lipinski definition) is 1. The zero-order valence-electron chi connectivity index (χ0n) is 12.3. The summed E-state index contributed by atoms with van der Waals surface area (Å²) < 4.78 is 13.5. The molecule has 2 heterocycles. The van der Waals surface area contributed by atoms with Crippen molar-refractivity contribution < 1.29 is 4.39 Å². The summed E-state index contributed by atoms with van der Waals surface area (Å²) in [5.41, 5.74) is 1.92. The van der Waals surface area contributed by atoms with Crippen molar-refractivity contribution >= 4 is 17.2 Å². The first-order valence-electron chi connectivity index (χ1n) is 7.12. The van der Waals surface area contributed by atoms with Crippen LogP contribution in [0, 0.1) is 12.7 Å². The molecule has 0 bridgehead atoms. The smallest absolute Gasteiger partial charge is 0.141 e. The first kappa shape index (κ1) is 14.4. The molecule has 0 aromatic carbocycles. The Morgan fingerprint density at radius 1 is 1.48 bits per heavy atom. The van der Waals surface area contributed by atoms with Gasteiger partial charge in [0, 0.05) is 30.6 Å². The molecule has 0 aliphatic heterocycles. The van der Waals surface area contributed by atoms with Crippen LogP contribution >= 0.6 is 11.3 Å². The van der Waals surface area contributed by atoms with E-state index in [4.69, 9.17) is 0 Å². The van der Waals surface area contributed by atoms with Gasteiger partial charge in [-0.1, -0.05) is 0 Å². The van der Waals surface area contributed by atoms with Crippen LogP contribution in [0.2, 0.25) is 0 Å². The maximum atomic E-state index is 13.5. The predicted octanol–water partition coefficient (Wildman–Crippen LogP) is 2.87. The molecule has 21 heavy (non-hydrogen) atoms. The van der Waals surface area contributed by atoms with Gasteiger partial charge >= 0.3 is 0 Å². The molecule has 0 amide bonds. The third-order valence-corrected chi connectivity index (χ3v) is 4.32. The minimum Gasteiger partial charge on any atom is -0.353 e. The fourth-order valence-electron chi connectivity index (χ4n) is 2.29. The molecule has 2 aromatic heterocycles. The number of pyridine rings is 1. The summed E-state index contributed by atoms with van der Waals surface area (Å²) in [5.74, 6) is 0.527. The highest BCUT2D eigenvalue weighted by molar-refractivity contribution is 7.09. The van der Waals surface area contributed by atoms with Gasteiger partial charge in [0.05, 0.1) is 23.4 Å². The van der Waals surface area contributed by atoms with E-state index < -0.39 is 0 Å². The van der Waals surface area contributed by atoms with Crippen molar-refractivity contribution in [3.63, 3.8) is 0 Å². The zero-order chi connectivity index (χ0) is 14.8. The molecule has 2 aromatic rings. The Morgan fingerprint density at radius 3 is 2.95 bits per heavy atom. The van der Waals surface area contributed by atoms with Crippen molar-refractivity contribution in [2.45, 2.75) is 38.9 Å². The summed E-state index contributed by atoms with van der Waals surface area (Å²) in [4.78, 5) is 10.8. The van der Waals surface area contributed by atoms with Crippen LogP contribution in [0.5, 0.6) is 0 Å². The highest BCUT2D eigenvalue weighted by atomic mass is 32.1. The second kappa shape index (κ2) is 6.07. The summed E-state index contributed by atoms with van der Waals surface area (Å²) in [7, 11) is 1.97. The fraction of sp³-hybridized carbons (Fsp3) is 0.467. The average molecular weight is 306 g/mol. The Balaban J connectivity index is 1.75. The van der Waals surface area contributed by atoms with Crippen LogP contribution in [0.25, 0.3) is 0 Å². The Hall–Kier alpha value is -1.53. The van der Waals surface area contributed by atoms with Gasteiger partial charge in [0.1, 0.15) is 11.6 Å². The lowest BCUT2D eigenvalue weighted by Gasteiger charge is -2.20. The van der Waals surface area contributed by atoms with E-state index in [1.54, 1.807) is 17.4 Å². The number of nitrogens with one attached hydrogen (secondary N) is 1. The molecule has 3 rings (SSSR count). The van der Waals surface area contributed by atoms with Gasteiger partial charge in [0.15, 0.2) is 0 Å². The van der Waals surface area contributed by atoms with Gasteiger partial charge in [0.25, 0.3) is 0 Å². The fourth-order valence-corrected chi connectivity index (χ4v) is 2.89. The molecule has 1 aliphatic carbocycles. The van der Waals surface area contributed by atoms with Crippen molar-refractivity contribution in [3.05, 3.63) is 39.7 Å². The monoisotopic (exact) mass is 306 g/mol. The van der Waals surface area contributed by atoms with E-state index in [1.165, 1.54) is 19.0 Å². The molecular weight excluding hydrogens is 287 g/mol. The Morgan fingerprint density at radius 2 is 2.29 bits per heavy atom. The molecule has 1 N–H and O–H groups in total. The van der Waals surface area contributed by atoms with E-state index >= 15 is 0 Å². The maximum absolute atomic E-state index is 13.5. The molecule has 0 spiro atoms. The number of halogens is 1. The molecule has 0 saturated heterocycles. The molecule has 112 valence electrons. The van der Waals surface area contributed by atoms with E-state index in [0.29, 0.717) is 19.1 Å². The number of hydrogen-bond acceptors (Lipinski definition) is 5. The summed E-state index contributed by atoms with van der Waals surface area (Å²) >= 11 is 1.64. The largest absolute Gasteiger partial charge is 0.353 e. The van der Waals surface area contributed by atoms with E-state index in [1.807, 2.05) is 18.9 Å². The minimum absolute atomic E-state index is 0.288. The van der Waals surface area contributed by atoms with Gasteiger partial charge in [-0.15, -0.1) is 11.3 Å². The number of aromatic nitrogens is 2. The van der Waals surface area contributed by atoms with Crippen LogP contribution in [0.4, 0.5) is 10.2 Å². The molecule has 1 aliphatic rings. The summed E-state index contributed by atoms with van der Waals surface area (Å²) in [6.45, 7) is 3.33. The van der Waals surface area contributed by atoms with Crippen LogP contribution in [0.3, 0.4) is 0 Å². The highest BCUT2D eigenvalue weighted by Crippen LogP contribution is 2.23. The lowest BCUT2D eigenvalue weighted by Crippen LogP contribution is -2.23. The van der Waals surface area contributed by atoms with Crippen molar-refractivity contribution in [2.24, 2.45) is 0 Å². The molecule has 6 heteroatoms. The van der Waals surface area contributed by atoms with Gasteiger partial charge in [-0.05, 0) is 25.8 Å². The van der Waals surface area contributed by atoms with E-state index in [2.05, 4.69) is 20.7 Å². The maximum Gasteiger partial charge on any atom is 0.141 e. The van der Waals surface area contributed by atoms with Crippen molar-refractivity contribution in [3.8, 4) is 0 Å². The molecule has 1 fully saturated rings. The first-order valence-corrected chi connectivity index (χ1v) is 8.00. The third-order valence-electron chi connectivity index (χ3n) is 3.50. The van der Waals surface area contributed by atoms with Crippen molar-refractivity contribution in [2.75, 3.05) is 11.9 Å².